The average molecular weight is 607 g/mol. The largest absolute Gasteiger partial charge is 0.496 e. The van der Waals surface area contributed by atoms with Gasteiger partial charge in [0.25, 0.3) is 5.91 Å². The van der Waals surface area contributed by atoms with Crippen molar-refractivity contribution in [3.05, 3.63) is 69.1 Å². The van der Waals surface area contributed by atoms with Crippen molar-refractivity contribution in [1.82, 2.24) is 10.3 Å². The molecule has 1 amide bonds. The second-order valence-electron chi connectivity index (χ2n) is 6.74. The number of nitrogens with one attached hydrogen (secondary N) is 2. The van der Waals surface area contributed by atoms with E-state index in [1.54, 1.807) is 29.5 Å². The van der Waals surface area contributed by atoms with Gasteiger partial charge in [-0.3, -0.25) is 10.1 Å². The lowest BCUT2D eigenvalue weighted by molar-refractivity contribution is 0.0971. The number of carbonyl (C=O) groups is 1. The van der Waals surface area contributed by atoms with Gasteiger partial charge in [0.2, 0.25) is 0 Å². The first-order chi connectivity index (χ1) is 15.9. The quantitative estimate of drug-likeness (QED) is 0.248. The summed E-state index contributed by atoms with van der Waals surface area (Å²) < 4.78 is 13.4. The zero-order valence-electron chi connectivity index (χ0n) is 17.4. The molecule has 0 aliphatic carbocycles. The molecule has 168 valence electrons. The van der Waals surface area contributed by atoms with Crippen LogP contribution in [0.3, 0.4) is 0 Å². The third-order valence-corrected chi connectivity index (χ3v) is 7.06. The first kappa shape index (κ1) is 23.6. The molecule has 0 spiro atoms. The summed E-state index contributed by atoms with van der Waals surface area (Å²) >= 11 is 14.2. The van der Waals surface area contributed by atoms with E-state index in [-0.39, 0.29) is 10.7 Å². The van der Waals surface area contributed by atoms with E-state index in [4.69, 9.17) is 26.7 Å². The number of amides is 1. The predicted octanol–water partition coefficient (Wildman–Crippen LogP) is 6.63. The number of para-hydroxylation sites is 1. The average Bonchev–Trinajstić information content (AvgIpc) is 3.24. The summed E-state index contributed by atoms with van der Waals surface area (Å²) in [5, 5.41) is 6.80. The summed E-state index contributed by atoms with van der Waals surface area (Å²) in [6.45, 7) is 0. The maximum atomic E-state index is 13.0. The van der Waals surface area contributed by atoms with Gasteiger partial charge < -0.3 is 14.8 Å². The molecule has 0 saturated carbocycles. The van der Waals surface area contributed by atoms with Gasteiger partial charge in [-0.1, -0.05) is 34.1 Å². The first-order valence-corrected chi connectivity index (χ1v) is 12.4. The number of hydrogen-bond donors (Lipinski definition) is 2. The number of hydrogen-bond acceptors (Lipinski definition) is 6. The Morgan fingerprint density at radius 1 is 1.03 bits per heavy atom. The number of thiocarbonyl (C=S) groups is 1. The van der Waals surface area contributed by atoms with E-state index in [0.717, 1.165) is 29.7 Å². The topological polar surface area (TPSA) is 72.5 Å². The van der Waals surface area contributed by atoms with E-state index in [9.17, 15) is 4.79 Å². The fourth-order valence-electron chi connectivity index (χ4n) is 3.24. The minimum atomic E-state index is -0.448. The molecule has 0 aliphatic heterocycles. The molecule has 1 heterocycles. The van der Waals surface area contributed by atoms with Crippen molar-refractivity contribution in [1.29, 1.82) is 0 Å². The molecule has 0 aliphatic rings. The van der Waals surface area contributed by atoms with Gasteiger partial charge in [0.15, 0.2) is 5.11 Å². The molecule has 10 heteroatoms. The summed E-state index contributed by atoms with van der Waals surface area (Å²) in [5.74, 6) is 0.320. The van der Waals surface area contributed by atoms with Crippen molar-refractivity contribution in [2.45, 2.75) is 0 Å². The molecule has 0 bridgehead atoms. The van der Waals surface area contributed by atoms with Crippen LogP contribution in [0.15, 0.2) is 63.5 Å². The maximum absolute atomic E-state index is 13.0. The Bertz CT molecular complexity index is 1320. The minimum Gasteiger partial charge on any atom is -0.496 e. The molecule has 0 atom stereocenters. The molecule has 3 aromatic carbocycles. The lowest BCUT2D eigenvalue weighted by atomic mass is 10.1. The van der Waals surface area contributed by atoms with Crippen LogP contribution in [0.5, 0.6) is 11.5 Å². The van der Waals surface area contributed by atoms with E-state index in [1.807, 2.05) is 36.4 Å². The van der Waals surface area contributed by atoms with Crippen LogP contribution in [-0.4, -0.2) is 30.2 Å². The predicted molar refractivity (Wildman–Crippen MR) is 144 cm³/mol. The van der Waals surface area contributed by atoms with Gasteiger partial charge >= 0.3 is 0 Å². The second kappa shape index (κ2) is 10.2. The fourth-order valence-corrected chi connectivity index (χ4v) is 5.75. The molecule has 0 fully saturated rings. The second-order valence-corrected chi connectivity index (χ2v) is 9.95. The summed E-state index contributed by atoms with van der Waals surface area (Å²) in [5.41, 5.74) is 2.70. The van der Waals surface area contributed by atoms with Crippen molar-refractivity contribution in [3.63, 3.8) is 0 Å². The molecule has 0 saturated heterocycles. The third kappa shape index (κ3) is 5.03. The van der Waals surface area contributed by atoms with Gasteiger partial charge in [-0.25, -0.2) is 4.98 Å². The molecule has 33 heavy (non-hydrogen) atoms. The zero-order valence-corrected chi connectivity index (χ0v) is 22.2. The highest BCUT2D eigenvalue weighted by atomic mass is 79.9. The van der Waals surface area contributed by atoms with Crippen LogP contribution in [0.4, 0.5) is 5.69 Å². The number of methoxy groups -OCH3 is 2. The number of anilines is 1. The van der Waals surface area contributed by atoms with Gasteiger partial charge in [-0.05, 0) is 64.5 Å². The monoisotopic (exact) mass is 605 g/mol. The van der Waals surface area contributed by atoms with E-state index in [1.165, 1.54) is 14.2 Å². The van der Waals surface area contributed by atoms with Crippen LogP contribution < -0.4 is 20.1 Å². The molecule has 0 unspecified atom stereocenters. The van der Waals surface area contributed by atoms with Crippen LogP contribution >= 0.6 is 55.4 Å². The number of rotatable bonds is 5. The Kier molecular flexibility index (Phi) is 7.28. The van der Waals surface area contributed by atoms with E-state index >= 15 is 0 Å². The normalized spacial score (nSPS) is 10.7. The van der Waals surface area contributed by atoms with Gasteiger partial charge in [0.1, 0.15) is 22.1 Å². The maximum Gasteiger partial charge on any atom is 0.264 e. The van der Waals surface area contributed by atoms with Crippen molar-refractivity contribution in [2.75, 3.05) is 19.5 Å². The lowest BCUT2D eigenvalue weighted by Crippen LogP contribution is -2.34. The van der Waals surface area contributed by atoms with Crippen LogP contribution in [0.25, 0.3) is 20.8 Å². The van der Waals surface area contributed by atoms with Crippen molar-refractivity contribution < 1.29 is 14.3 Å². The number of benzene rings is 3. The van der Waals surface area contributed by atoms with Crippen molar-refractivity contribution >= 4 is 82.3 Å². The smallest absolute Gasteiger partial charge is 0.264 e. The van der Waals surface area contributed by atoms with Crippen molar-refractivity contribution in [2.24, 2.45) is 0 Å². The Labute approximate surface area is 216 Å². The number of ether oxygens (including phenoxy) is 2. The molecule has 1 aromatic heterocycles. The molecule has 0 radical (unpaired) electrons. The highest BCUT2D eigenvalue weighted by Crippen LogP contribution is 2.40. The summed E-state index contributed by atoms with van der Waals surface area (Å²) in [4.78, 5) is 17.7. The molecule has 2 N–H and O–H groups in total. The standard InChI is InChI=1S/C23H17Br2N3O3S2/c1-30-16-7-5-8-17(31-2)19(16)21(29)28-23(32)27-20-13(10-12(24)11-14(20)25)22-26-15-6-3-4-9-18(15)33-22/h3-11H,1-2H3,(H2,27,28,29,32). The fraction of sp³-hybridized carbons (Fsp3) is 0.0870. The molecule has 4 aromatic rings. The SMILES string of the molecule is COc1cccc(OC)c1C(=O)NC(=S)Nc1c(Br)cc(Br)cc1-c1nc2ccccc2s1. The molecule has 4 rings (SSSR count). The highest BCUT2D eigenvalue weighted by molar-refractivity contribution is 9.11. The Morgan fingerprint density at radius 3 is 2.39 bits per heavy atom. The number of thiazole rings is 1. The van der Waals surface area contributed by atoms with Gasteiger partial charge in [0.05, 0.1) is 30.1 Å². The van der Waals surface area contributed by atoms with E-state index < -0.39 is 5.91 Å². The van der Waals surface area contributed by atoms with Crippen LogP contribution in [0.2, 0.25) is 0 Å². The molecular formula is C23H17Br2N3O3S2. The summed E-state index contributed by atoms with van der Waals surface area (Å²) in [7, 11) is 2.98. The number of carbonyl (C=O) groups excluding carboxylic acids is 1. The molecule has 6 nitrogen and oxygen atoms in total. The van der Waals surface area contributed by atoms with Crippen LogP contribution in [-0.2, 0) is 0 Å². The van der Waals surface area contributed by atoms with Crippen LogP contribution in [0.1, 0.15) is 10.4 Å². The summed E-state index contributed by atoms with van der Waals surface area (Å²) in [6, 6.07) is 16.9. The number of halogens is 2. The van der Waals surface area contributed by atoms with E-state index in [0.29, 0.717) is 17.2 Å². The Balaban J connectivity index is 1.65. The Hall–Kier alpha value is -2.53. The van der Waals surface area contributed by atoms with Crippen molar-refractivity contribution in [3.8, 4) is 22.1 Å². The lowest BCUT2D eigenvalue weighted by Gasteiger charge is -2.16. The third-order valence-electron chi connectivity index (χ3n) is 4.70. The highest BCUT2D eigenvalue weighted by Gasteiger charge is 2.21. The van der Waals surface area contributed by atoms with Crippen LogP contribution in [0, 0.1) is 0 Å². The molecular weight excluding hydrogens is 590 g/mol. The van der Waals surface area contributed by atoms with E-state index in [2.05, 4.69) is 42.5 Å². The van der Waals surface area contributed by atoms with Gasteiger partial charge in [-0.15, -0.1) is 11.3 Å². The minimum absolute atomic E-state index is 0.123. The first-order valence-electron chi connectivity index (χ1n) is 9.59. The Morgan fingerprint density at radius 2 is 1.73 bits per heavy atom. The number of fused-ring (bicyclic) bond motifs is 1. The van der Waals surface area contributed by atoms with Gasteiger partial charge in [-0.2, -0.15) is 0 Å². The number of nitrogens with zero attached hydrogens (tertiary/aromatic N) is 1. The summed E-state index contributed by atoms with van der Waals surface area (Å²) in [6.07, 6.45) is 0. The zero-order chi connectivity index (χ0) is 23.5. The number of aromatic nitrogens is 1. The van der Waals surface area contributed by atoms with Gasteiger partial charge in [0, 0.05) is 14.5 Å².